The number of para-hydroxylation sites is 2. The maximum Gasteiger partial charge on any atom is 0.325 e. The maximum atomic E-state index is 12.2. The van der Waals surface area contributed by atoms with E-state index in [1.807, 2.05) is 24.3 Å². The van der Waals surface area contributed by atoms with E-state index < -0.39 is 6.03 Å². The number of aromatic nitrogens is 1. The van der Waals surface area contributed by atoms with Gasteiger partial charge in [0.25, 0.3) is 0 Å². The fourth-order valence-electron chi connectivity index (χ4n) is 4.20. The van der Waals surface area contributed by atoms with Gasteiger partial charge >= 0.3 is 6.03 Å². The first-order valence-corrected chi connectivity index (χ1v) is 11.2. The zero-order valence-corrected chi connectivity index (χ0v) is 18.2. The molecule has 0 bridgehead atoms. The Morgan fingerprint density at radius 2 is 1.82 bits per heavy atom. The van der Waals surface area contributed by atoms with Gasteiger partial charge in [0.1, 0.15) is 18.7 Å². The van der Waals surface area contributed by atoms with Crippen molar-refractivity contribution in [1.82, 2.24) is 15.2 Å². The summed E-state index contributed by atoms with van der Waals surface area (Å²) in [4.78, 5) is 31.3. The topological polar surface area (TPSA) is 106 Å². The molecule has 1 fully saturated rings. The normalized spacial score (nSPS) is 16.5. The van der Waals surface area contributed by atoms with Crippen LogP contribution in [-0.2, 0) is 4.79 Å². The van der Waals surface area contributed by atoms with Gasteiger partial charge < -0.3 is 24.1 Å². The van der Waals surface area contributed by atoms with Gasteiger partial charge in [0.15, 0.2) is 23.0 Å². The number of fused-ring (bicyclic) bond motifs is 2. The number of nitrogens with zero attached hydrogens (tertiary/aromatic N) is 2. The monoisotopic (exact) mass is 450 g/mol. The minimum Gasteiger partial charge on any atom is -0.486 e. The third kappa shape index (κ3) is 5.09. The van der Waals surface area contributed by atoms with E-state index in [0.717, 1.165) is 42.9 Å². The minimum absolute atomic E-state index is 0.252. The van der Waals surface area contributed by atoms with Gasteiger partial charge in [0.05, 0.1) is 0 Å². The van der Waals surface area contributed by atoms with Gasteiger partial charge in [-0.25, -0.2) is 9.78 Å². The summed E-state index contributed by atoms with van der Waals surface area (Å²) in [6, 6.07) is 12.4. The molecule has 3 amide bonds. The SMILES string of the molecule is O=C(CCN1CCC(c2nc3ccccc3o2)CC1)NC(=O)Nc1ccc2c(c1)OCCO2. The molecule has 0 saturated carbocycles. The van der Waals surface area contributed by atoms with Crippen molar-refractivity contribution in [2.24, 2.45) is 0 Å². The van der Waals surface area contributed by atoms with Crippen molar-refractivity contribution in [2.75, 3.05) is 38.2 Å². The van der Waals surface area contributed by atoms with Gasteiger partial charge in [0.2, 0.25) is 5.91 Å². The summed E-state index contributed by atoms with van der Waals surface area (Å²) in [5.74, 6) is 1.99. The first-order chi connectivity index (χ1) is 16.1. The number of hydrogen-bond acceptors (Lipinski definition) is 7. The average Bonchev–Trinajstić information content (AvgIpc) is 3.27. The van der Waals surface area contributed by atoms with Crippen LogP contribution < -0.4 is 20.1 Å². The number of imide groups is 1. The van der Waals surface area contributed by atoms with E-state index >= 15 is 0 Å². The number of piperidine rings is 1. The predicted molar refractivity (Wildman–Crippen MR) is 122 cm³/mol. The summed E-state index contributed by atoms with van der Waals surface area (Å²) in [6.07, 6.45) is 2.11. The van der Waals surface area contributed by atoms with Crippen molar-refractivity contribution in [3.63, 3.8) is 0 Å². The number of carbonyl (C=O) groups excluding carboxylic acids is 2. The molecule has 33 heavy (non-hydrogen) atoms. The van der Waals surface area contributed by atoms with E-state index in [4.69, 9.17) is 13.9 Å². The molecule has 3 aromatic rings. The molecule has 0 spiro atoms. The van der Waals surface area contributed by atoms with Crippen LogP contribution in [0.3, 0.4) is 0 Å². The van der Waals surface area contributed by atoms with Crippen LogP contribution in [0.2, 0.25) is 0 Å². The Hall–Kier alpha value is -3.59. The molecule has 0 aliphatic carbocycles. The Balaban J connectivity index is 1.05. The second kappa shape index (κ2) is 9.50. The van der Waals surface area contributed by atoms with Crippen molar-refractivity contribution in [2.45, 2.75) is 25.2 Å². The van der Waals surface area contributed by atoms with E-state index in [1.54, 1.807) is 18.2 Å². The van der Waals surface area contributed by atoms with Gasteiger partial charge in [0, 0.05) is 30.6 Å². The molecule has 0 radical (unpaired) electrons. The van der Waals surface area contributed by atoms with Crippen molar-refractivity contribution >= 4 is 28.7 Å². The molecular weight excluding hydrogens is 424 g/mol. The smallest absolute Gasteiger partial charge is 0.325 e. The molecule has 2 aromatic carbocycles. The number of anilines is 1. The Bertz CT molecular complexity index is 1120. The second-order valence-corrected chi connectivity index (χ2v) is 8.25. The van der Waals surface area contributed by atoms with Crippen LogP contribution in [0.15, 0.2) is 46.9 Å². The molecule has 0 atom stereocenters. The van der Waals surface area contributed by atoms with Gasteiger partial charge in [-0.1, -0.05) is 12.1 Å². The number of urea groups is 1. The van der Waals surface area contributed by atoms with Gasteiger partial charge in [-0.2, -0.15) is 0 Å². The average molecular weight is 450 g/mol. The number of amides is 3. The lowest BCUT2D eigenvalue weighted by atomic mass is 9.96. The van der Waals surface area contributed by atoms with Crippen LogP contribution in [0.4, 0.5) is 10.5 Å². The Morgan fingerprint density at radius 1 is 1.03 bits per heavy atom. The van der Waals surface area contributed by atoms with E-state index in [-0.39, 0.29) is 12.3 Å². The molecule has 1 aromatic heterocycles. The lowest BCUT2D eigenvalue weighted by molar-refractivity contribution is -0.120. The largest absolute Gasteiger partial charge is 0.486 e. The third-order valence-corrected chi connectivity index (χ3v) is 5.96. The fraction of sp³-hybridized carbons (Fsp3) is 0.375. The lowest BCUT2D eigenvalue weighted by Crippen LogP contribution is -2.39. The lowest BCUT2D eigenvalue weighted by Gasteiger charge is -2.30. The molecule has 5 rings (SSSR count). The summed E-state index contributed by atoms with van der Waals surface area (Å²) < 4.78 is 16.9. The van der Waals surface area contributed by atoms with Crippen LogP contribution in [0.1, 0.15) is 31.1 Å². The Kier molecular flexibility index (Phi) is 6.12. The fourth-order valence-corrected chi connectivity index (χ4v) is 4.20. The maximum absolute atomic E-state index is 12.2. The summed E-state index contributed by atoms with van der Waals surface area (Å²) in [5.41, 5.74) is 2.24. The number of likely N-dealkylation sites (tertiary alicyclic amines) is 1. The first kappa shape index (κ1) is 21.3. The first-order valence-electron chi connectivity index (χ1n) is 11.2. The van der Waals surface area contributed by atoms with Gasteiger partial charge in [-0.3, -0.25) is 10.1 Å². The van der Waals surface area contributed by atoms with E-state index in [2.05, 4.69) is 20.5 Å². The van der Waals surface area contributed by atoms with Crippen molar-refractivity contribution in [3.05, 3.63) is 48.4 Å². The van der Waals surface area contributed by atoms with Crippen LogP contribution in [-0.4, -0.2) is 54.7 Å². The highest BCUT2D eigenvalue weighted by atomic mass is 16.6. The molecule has 9 nitrogen and oxygen atoms in total. The van der Waals surface area contributed by atoms with Crippen LogP contribution in [0.25, 0.3) is 11.1 Å². The number of carbonyl (C=O) groups is 2. The number of ether oxygens (including phenoxy) is 2. The van der Waals surface area contributed by atoms with E-state index in [9.17, 15) is 9.59 Å². The van der Waals surface area contributed by atoms with Crippen LogP contribution >= 0.6 is 0 Å². The minimum atomic E-state index is -0.564. The number of oxazole rings is 1. The molecule has 0 unspecified atom stereocenters. The van der Waals surface area contributed by atoms with Crippen molar-refractivity contribution < 1.29 is 23.5 Å². The standard InChI is InChI=1S/C24H26N4O5/c29-22(27-24(30)25-17-5-6-20-21(15-17)32-14-13-31-20)9-12-28-10-7-16(8-11-28)23-26-18-3-1-2-4-19(18)33-23/h1-6,15-16H,7-14H2,(H2,25,27,29,30). The molecule has 1 saturated heterocycles. The number of nitrogens with one attached hydrogen (secondary N) is 2. The zero-order chi connectivity index (χ0) is 22.6. The summed E-state index contributed by atoms with van der Waals surface area (Å²) >= 11 is 0. The Morgan fingerprint density at radius 3 is 2.64 bits per heavy atom. The molecule has 2 aliphatic heterocycles. The molecule has 172 valence electrons. The highest BCUT2D eigenvalue weighted by Crippen LogP contribution is 2.32. The molecule has 3 heterocycles. The van der Waals surface area contributed by atoms with Gasteiger partial charge in [-0.05, 0) is 50.2 Å². The Labute approximate surface area is 191 Å². The molecule has 2 aliphatic rings. The number of benzene rings is 2. The zero-order valence-electron chi connectivity index (χ0n) is 18.2. The van der Waals surface area contributed by atoms with Crippen LogP contribution in [0, 0.1) is 0 Å². The second-order valence-electron chi connectivity index (χ2n) is 8.25. The molecular formula is C24H26N4O5. The highest BCUT2D eigenvalue weighted by molar-refractivity contribution is 6.01. The predicted octanol–water partition coefficient (Wildman–Crippen LogP) is 3.52. The van der Waals surface area contributed by atoms with E-state index in [0.29, 0.717) is 42.9 Å². The number of hydrogen-bond donors (Lipinski definition) is 2. The summed E-state index contributed by atoms with van der Waals surface area (Å²) in [6.45, 7) is 3.29. The highest BCUT2D eigenvalue weighted by Gasteiger charge is 2.25. The summed E-state index contributed by atoms with van der Waals surface area (Å²) in [7, 11) is 0. The summed E-state index contributed by atoms with van der Waals surface area (Å²) in [5, 5.41) is 5.04. The molecule has 2 N–H and O–H groups in total. The van der Waals surface area contributed by atoms with Gasteiger partial charge in [-0.15, -0.1) is 0 Å². The third-order valence-electron chi connectivity index (χ3n) is 5.96. The number of rotatable bonds is 5. The van der Waals surface area contributed by atoms with E-state index in [1.165, 1.54) is 0 Å². The molecule has 9 heteroatoms. The van der Waals surface area contributed by atoms with Crippen molar-refractivity contribution in [3.8, 4) is 11.5 Å². The van der Waals surface area contributed by atoms with Crippen molar-refractivity contribution in [1.29, 1.82) is 0 Å². The quantitative estimate of drug-likeness (QED) is 0.613. The van der Waals surface area contributed by atoms with Crippen LogP contribution in [0.5, 0.6) is 11.5 Å².